The van der Waals surface area contributed by atoms with Gasteiger partial charge in [-0.05, 0) is 25.0 Å². The highest BCUT2D eigenvalue weighted by molar-refractivity contribution is 5.81. The molecule has 0 aliphatic carbocycles. The maximum atomic E-state index is 12.3. The maximum absolute atomic E-state index is 12.3. The van der Waals surface area contributed by atoms with Gasteiger partial charge in [0.05, 0.1) is 17.2 Å². The van der Waals surface area contributed by atoms with Crippen LogP contribution < -0.4 is 10.9 Å². The minimum Gasteiger partial charge on any atom is -0.372 e. The lowest BCUT2D eigenvalue weighted by Crippen LogP contribution is -2.33. The number of nitrogens with one attached hydrogen (secondary N) is 1. The molecule has 0 saturated heterocycles. The highest BCUT2D eigenvalue weighted by atomic mass is 19.4. The maximum Gasteiger partial charge on any atom is 0.411 e. The van der Waals surface area contributed by atoms with E-state index in [1.54, 1.807) is 12.1 Å². The van der Waals surface area contributed by atoms with Gasteiger partial charge < -0.3 is 10.1 Å². The van der Waals surface area contributed by atoms with E-state index in [0.29, 0.717) is 10.9 Å². The Kier molecular flexibility index (Phi) is 6.13. The Morgan fingerprint density at radius 1 is 1.36 bits per heavy atom. The summed E-state index contributed by atoms with van der Waals surface area (Å²) in [5.41, 5.74) is 1.13. The van der Waals surface area contributed by atoms with Crippen LogP contribution in [0.1, 0.15) is 12.0 Å². The molecule has 6 nitrogen and oxygen atoms in total. The SMILES string of the molecule is Cc1cccc2c(=O)n(CC(=O)NCCCOCC(F)(F)F)cnc12. The number of carbonyl (C=O) groups excluding carboxylic acids is 1. The summed E-state index contributed by atoms with van der Waals surface area (Å²) in [5, 5.41) is 2.95. The largest absolute Gasteiger partial charge is 0.411 e. The van der Waals surface area contributed by atoms with E-state index < -0.39 is 18.7 Å². The van der Waals surface area contributed by atoms with Crippen molar-refractivity contribution in [2.24, 2.45) is 0 Å². The number of halogens is 3. The van der Waals surface area contributed by atoms with Crippen LogP contribution in [0.15, 0.2) is 29.3 Å². The lowest BCUT2D eigenvalue weighted by atomic mass is 10.1. The van der Waals surface area contributed by atoms with Gasteiger partial charge in [-0.25, -0.2) is 4.98 Å². The zero-order valence-corrected chi connectivity index (χ0v) is 13.6. The van der Waals surface area contributed by atoms with Crippen LogP contribution in [0.5, 0.6) is 0 Å². The van der Waals surface area contributed by atoms with Gasteiger partial charge in [0.15, 0.2) is 0 Å². The molecule has 136 valence electrons. The first-order chi connectivity index (χ1) is 11.8. The zero-order valence-electron chi connectivity index (χ0n) is 13.6. The van der Waals surface area contributed by atoms with Crippen LogP contribution in [0.2, 0.25) is 0 Å². The number of nitrogens with zero attached hydrogens (tertiary/aromatic N) is 2. The summed E-state index contributed by atoms with van der Waals surface area (Å²) in [6.45, 7) is 0.367. The van der Waals surface area contributed by atoms with Crippen LogP contribution in [0.25, 0.3) is 10.9 Å². The zero-order chi connectivity index (χ0) is 18.4. The van der Waals surface area contributed by atoms with Gasteiger partial charge in [-0.2, -0.15) is 13.2 Å². The van der Waals surface area contributed by atoms with E-state index in [1.807, 2.05) is 13.0 Å². The highest BCUT2D eigenvalue weighted by Gasteiger charge is 2.27. The molecule has 0 unspecified atom stereocenters. The number of aryl methyl sites for hydroxylation is 1. The quantitative estimate of drug-likeness (QED) is 0.767. The first-order valence-electron chi connectivity index (χ1n) is 7.64. The molecule has 1 aromatic carbocycles. The molecule has 0 saturated carbocycles. The summed E-state index contributed by atoms with van der Waals surface area (Å²) in [7, 11) is 0. The van der Waals surface area contributed by atoms with E-state index in [0.717, 1.165) is 5.56 Å². The van der Waals surface area contributed by atoms with Gasteiger partial charge in [-0.15, -0.1) is 0 Å². The third-order valence-corrected chi connectivity index (χ3v) is 3.42. The van der Waals surface area contributed by atoms with Crippen LogP contribution in [0.4, 0.5) is 13.2 Å². The Bertz CT molecular complexity index is 803. The summed E-state index contributed by atoms with van der Waals surface area (Å²) in [5.74, 6) is -0.424. The number of para-hydroxylation sites is 1. The van der Waals surface area contributed by atoms with Gasteiger partial charge in [0.1, 0.15) is 13.2 Å². The molecule has 2 aromatic rings. The second-order valence-electron chi connectivity index (χ2n) is 5.52. The summed E-state index contributed by atoms with van der Waals surface area (Å²) < 4.78 is 41.3. The van der Waals surface area contributed by atoms with Crippen molar-refractivity contribution in [3.63, 3.8) is 0 Å². The lowest BCUT2D eigenvalue weighted by molar-refractivity contribution is -0.174. The van der Waals surface area contributed by atoms with E-state index in [2.05, 4.69) is 15.0 Å². The normalized spacial score (nSPS) is 11.7. The molecule has 0 atom stereocenters. The number of benzene rings is 1. The molecule has 2 rings (SSSR count). The molecular formula is C16H18F3N3O3. The van der Waals surface area contributed by atoms with Crippen LogP contribution in [0, 0.1) is 6.92 Å². The van der Waals surface area contributed by atoms with Crippen molar-refractivity contribution < 1.29 is 22.7 Å². The average Bonchev–Trinajstić information content (AvgIpc) is 2.53. The first-order valence-corrected chi connectivity index (χ1v) is 7.64. The van der Waals surface area contributed by atoms with Crippen molar-refractivity contribution in [3.05, 3.63) is 40.4 Å². The fourth-order valence-corrected chi connectivity index (χ4v) is 2.25. The van der Waals surface area contributed by atoms with Gasteiger partial charge in [-0.3, -0.25) is 14.2 Å². The van der Waals surface area contributed by atoms with Gasteiger partial charge in [0.25, 0.3) is 5.56 Å². The van der Waals surface area contributed by atoms with E-state index in [9.17, 15) is 22.8 Å². The third-order valence-electron chi connectivity index (χ3n) is 3.42. The van der Waals surface area contributed by atoms with E-state index in [1.165, 1.54) is 10.9 Å². The Hall–Kier alpha value is -2.42. The van der Waals surface area contributed by atoms with Crippen molar-refractivity contribution in [2.45, 2.75) is 26.1 Å². The molecule has 0 spiro atoms. The predicted octanol–water partition coefficient (Wildman–Crippen LogP) is 1.79. The molecule has 1 N–H and O–H groups in total. The molecule has 1 heterocycles. The van der Waals surface area contributed by atoms with Crippen molar-refractivity contribution in [2.75, 3.05) is 19.8 Å². The Morgan fingerprint density at radius 2 is 2.12 bits per heavy atom. The number of amides is 1. The number of alkyl halides is 3. The fraction of sp³-hybridized carbons (Fsp3) is 0.438. The summed E-state index contributed by atoms with van der Waals surface area (Å²) in [6.07, 6.45) is -2.80. The summed E-state index contributed by atoms with van der Waals surface area (Å²) in [6, 6.07) is 5.23. The van der Waals surface area contributed by atoms with Crippen LogP contribution >= 0.6 is 0 Å². The van der Waals surface area contributed by atoms with E-state index in [-0.39, 0.29) is 31.7 Å². The molecule has 0 aliphatic heterocycles. The molecule has 9 heteroatoms. The number of carbonyl (C=O) groups is 1. The monoisotopic (exact) mass is 357 g/mol. The number of hydrogen-bond donors (Lipinski definition) is 1. The minimum atomic E-state index is -4.36. The number of ether oxygens (including phenoxy) is 1. The number of fused-ring (bicyclic) bond motifs is 1. The number of aromatic nitrogens is 2. The molecule has 0 fully saturated rings. The molecular weight excluding hydrogens is 339 g/mol. The molecule has 0 radical (unpaired) electrons. The second-order valence-corrected chi connectivity index (χ2v) is 5.52. The summed E-state index contributed by atoms with van der Waals surface area (Å²) in [4.78, 5) is 28.4. The van der Waals surface area contributed by atoms with Crippen LogP contribution in [-0.2, 0) is 16.1 Å². The van der Waals surface area contributed by atoms with Gasteiger partial charge in [0.2, 0.25) is 5.91 Å². The topological polar surface area (TPSA) is 73.2 Å². The van der Waals surface area contributed by atoms with Crippen LogP contribution in [0.3, 0.4) is 0 Å². The average molecular weight is 357 g/mol. The van der Waals surface area contributed by atoms with Gasteiger partial charge >= 0.3 is 6.18 Å². The predicted molar refractivity (Wildman–Crippen MR) is 85.2 cm³/mol. The molecule has 1 amide bonds. The molecule has 1 aromatic heterocycles. The van der Waals surface area contributed by atoms with E-state index >= 15 is 0 Å². The van der Waals surface area contributed by atoms with Gasteiger partial charge in [-0.1, -0.05) is 12.1 Å². The van der Waals surface area contributed by atoms with Gasteiger partial charge in [0, 0.05) is 13.2 Å². The highest BCUT2D eigenvalue weighted by Crippen LogP contribution is 2.14. The molecule has 0 aliphatic rings. The standard InChI is InChI=1S/C16H18F3N3O3/c1-11-4-2-5-12-14(11)21-10-22(15(12)24)8-13(23)20-6-3-7-25-9-16(17,18)19/h2,4-5,10H,3,6-9H2,1H3,(H,20,23). The van der Waals surface area contributed by atoms with E-state index in [4.69, 9.17) is 0 Å². The summed E-state index contributed by atoms with van der Waals surface area (Å²) >= 11 is 0. The minimum absolute atomic E-state index is 0.115. The molecule has 0 bridgehead atoms. The number of hydrogen-bond acceptors (Lipinski definition) is 4. The van der Waals surface area contributed by atoms with Crippen molar-refractivity contribution in [3.8, 4) is 0 Å². The number of rotatable bonds is 7. The Morgan fingerprint density at radius 3 is 2.84 bits per heavy atom. The first kappa shape index (κ1) is 18.9. The van der Waals surface area contributed by atoms with Crippen molar-refractivity contribution in [1.29, 1.82) is 0 Å². The fourth-order valence-electron chi connectivity index (χ4n) is 2.25. The van der Waals surface area contributed by atoms with Crippen molar-refractivity contribution >= 4 is 16.8 Å². The smallest absolute Gasteiger partial charge is 0.372 e. The lowest BCUT2D eigenvalue weighted by Gasteiger charge is -2.09. The molecule has 25 heavy (non-hydrogen) atoms. The third kappa shape index (κ3) is 5.56. The van der Waals surface area contributed by atoms with Crippen LogP contribution in [-0.4, -0.2) is 41.4 Å². The Balaban J connectivity index is 1.84. The van der Waals surface area contributed by atoms with Crippen molar-refractivity contribution in [1.82, 2.24) is 14.9 Å². The Labute approximate surface area is 141 Å². The second kappa shape index (κ2) is 8.11.